The first kappa shape index (κ1) is 9.70. The molecule has 1 heteroatoms. The van der Waals surface area contributed by atoms with Gasteiger partial charge in [-0.25, -0.2) is 0 Å². The van der Waals surface area contributed by atoms with Crippen LogP contribution < -0.4 is 0 Å². The van der Waals surface area contributed by atoms with Gasteiger partial charge in [-0.2, -0.15) is 0 Å². The molecular formula is C13H18N. The molecule has 1 aliphatic carbocycles. The molecule has 1 fully saturated rings. The zero-order chi connectivity index (χ0) is 9.97. The SMILES string of the molecule is Cc1[c]c(C2CCCCC2)nc(C)c1. The highest BCUT2D eigenvalue weighted by Crippen LogP contribution is 2.31. The van der Waals surface area contributed by atoms with Gasteiger partial charge in [0.25, 0.3) is 0 Å². The van der Waals surface area contributed by atoms with Crippen LogP contribution in [-0.2, 0) is 0 Å². The van der Waals surface area contributed by atoms with Crippen LogP contribution in [-0.4, -0.2) is 4.98 Å². The second-order valence-electron chi connectivity index (χ2n) is 4.43. The summed E-state index contributed by atoms with van der Waals surface area (Å²) in [6.07, 6.45) is 6.76. The van der Waals surface area contributed by atoms with Crippen molar-refractivity contribution in [1.29, 1.82) is 0 Å². The summed E-state index contributed by atoms with van der Waals surface area (Å²) in [5.41, 5.74) is 3.59. The third-order valence-electron chi connectivity index (χ3n) is 3.04. The largest absolute Gasteiger partial charge is 0.257 e. The molecular weight excluding hydrogens is 170 g/mol. The van der Waals surface area contributed by atoms with Crippen molar-refractivity contribution < 1.29 is 0 Å². The van der Waals surface area contributed by atoms with Gasteiger partial charge in [0.05, 0.1) is 5.69 Å². The topological polar surface area (TPSA) is 12.9 Å². The Hall–Kier alpha value is -0.850. The zero-order valence-electron chi connectivity index (χ0n) is 9.14. The molecule has 1 radical (unpaired) electrons. The molecule has 1 aliphatic rings. The van der Waals surface area contributed by atoms with E-state index < -0.39 is 0 Å². The van der Waals surface area contributed by atoms with Gasteiger partial charge in [-0.1, -0.05) is 19.3 Å². The second-order valence-corrected chi connectivity index (χ2v) is 4.43. The summed E-state index contributed by atoms with van der Waals surface area (Å²) < 4.78 is 0. The highest BCUT2D eigenvalue weighted by Gasteiger charge is 2.17. The quantitative estimate of drug-likeness (QED) is 0.656. The summed E-state index contributed by atoms with van der Waals surface area (Å²) in [7, 11) is 0. The smallest absolute Gasteiger partial charge is 0.0519 e. The predicted octanol–water partition coefficient (Wildman–Crippen LogP) is 3.55. The summed E-state index contributed by atoms with van der Waals surface area (Å²) in [5.74, 6) is 0.683. The van der Waals surface area contributed by atoms with E-state index in [4.69, 9.17) is 0 Å². The van der Waals surface area contributed by atoms with Crippen LogP contribution in [0.5, 0.6) is 0 Å². The normalized spacial score (nSPS) is 18.4. The molecule has 1 heterocycles. The van der Waals surface area contributed by atoms with Gasteiger partial charge < -0.3 is 0 Å². The summed E-state index contributed by atoms with van der Waals surface area (Å²) in [5, 5.41) is 0. The van der Waals surface area contributed by atoms with E-state index >= 15 is 0 Å². The average Bonchev–Trinajstić information content (AvgIpc) is 2.18. The van der Waals surface area contributed by atoms with Crippen molar-refractivity contribution in [1.82, 2.24) is 4.98 Å². The van der Waals surface area contributed by atoms with Crippen LogP contribution in [0.25, 0.3) is 0 Å². The fourth-order valence-corrected chi connectivity index (χ4v) is 2.37. The first-order valence-electron chi connectivity index (χ1n) is 5.63. The molecule has 1 nitrogen and oxygen atoms in total. The molecule has 0 bridgehead atoms. The van der Waals surface area contributed by atoms with Gasteiger partial charge in [-0.15, -0.1) is 0 Å². The molecule has 14 heavy (non-hydrogen) atoms. The van der Waals surface area contributed by atoms with E-state index in [0.717, 1.165) is 5.69 Å². The van der Waals surface area contributed by atoms with Gasteiger partial charge in [-0.3, -0.25) is 4.98 Å². The van der Waals surface area contributed by atoms with Gasteiger partial charge >= 0.3 is 0 Å². The van der Waals surface area contributed by atoms with Crippen molar-refractivity contribution in [2.75, 3.05) is 0 Å². The molecule has 0 spiro atoms. The van der Waals surface area contributed by atoms with Crippen molar-refractivity contribution >= 4 is 0 Å². The molecule has 1 saturated carbocycles. The van der Waals surface area contributed by atoms with Crippen LogP contribution in [0.4, 0.5) is 0 Å². The van der Waals surface area contributed by atoms with E-state index in [1.165, 1.54) is 43.4 Å². The van der Waals surface area contributed by atoms with E-state index in [0.29, 0.717) is 5.92 Å². The fourth-order valence-electron chi connectivity index (χ4n) is 2.37. The van der Waals surface area contributed by atoms with E-state index in [2.05, 4.69) is 31.0 Å². The molecule has 0 N–H and O–H groups in total. The number of pyridine rings is 1. The van der Waals surface area contributed by atoms with Crippen LogP contribution in [0.1, 0.15) is 55.0 Å². The highest BCUT2D eigenvalue weighted by atomic mass is 14.7. The molecule has 0 atom stereocenters. The van der Waals surface area contributed by atoms with Gasteiger partial charge in [0, 0.05) is 17.7 Å². The van der Waals surface area contributed by atoms with Crippen molar-refractivity contribution in [2.45, 2.75) is 51.9 Å². The molecule has 0 amide bonds. The summed E-state index contributed by atoms with van der Waals surface area (Å²) in [6.45, 7) is 4.19. The number of hydrogen-bond donors (Lipinski definition) is 0. The van der Waals surface area contributed by atoms with Crippen molar-refractivity contribution in [3.05, 3.63) is 29.1 Å². The maximum absolute atomic E-state index is 4.60. The summed E-state index contributed by atoms with van der Waals surface area (Å²) in [4.78, 5) is 4.60. The van der Waals surface area contributed by atoms with Crippen LogP contribution in [0.3, 0.4) is 0 Å². The molecule has 0 unspecified atom stereocenters. The van der Waals surface area contributed by atoms with Gasteiger partial charge in [0.1, 0.15) is 0 Å². The number of aromatic nitrogens is 1. The van der Waals surface area contributed by atoms with Crippen molar-refractivity contribution in [3.63, 3.8) is 0 Å². The Morgan fingerprint density at radius 1 is 1.21 bits per heavy atom. The molecule has 0 saturated heterocycles. The van der Waals surface area contributed by atoms with E-state index in [1.807, 2.05) is 0 Å². The monoisotopic (exact) mass is 188 g/mol. The van der Waals surface area contributed by atoms with Crippen molar-refractivity contribution in [3.8, 4) is 0 Å². The Morgan fingerprint density at radius 2 is 1.93 bits per heavy atom. The number of aryl methyl sites for hydroxylation is 2. The first-order valence-corrected chi connectivity index (χ1v) is 5.63. The van der Waals surface area contributed by atoms with E-state index in [9.17, 15) is 0 Å². The summed E-state index contributed by atoms with van der Waals surface area (Å²) in [6, 6.07) is 5.51. The third kappa shape index (κ3) is 2.14. The number of nitrogens with zero attached hydrogens (tertiary/aromatic N) is 1. The Labute approximate surface area is 86.6 Å². The predicted molar refractivity (Wildman–Crippen MR) is 58.4 cm³/mol. The first-order chi connectivity index (χ1) is 6.75. The average molecular weight is 188 g/mol. The zero-order valence-corrected chi connectivity index (χ0v) is 9.14. The standard InChI is InChI=1S/C13H18N/c1-10-8-11(2)14-13(9-10)12-6-4-3-5-7-12/h8,12H,3-7H2,1-2H3. The molecule has 1 aromatic rings. The van der Waals surface area contributed by atoms with E-state index in [-0.39, 0.29) is 0 Å². The minimum atomic E-state index is 0.683. The number of rotatable bonds is 1. The maximum atomic E-state index is 4.60. The lowest BCUT2D eigenvalue weighted by Gasteiger charge is -2.21. The van der Waals surface area contributed by atoms with Crippen LogP contribution in [0.15, 0.2) is 6.07 Å². The third-order valence-corrected chi connectivity index (χ3v) is 3.04. The fraction of sp³-hybridized carbons (Fsp3) is 0.615. The van der Waals surface area contributed by atoms with Crippen LogP contribution in [0.2, 0.25) is 0 Å². The minimum absolute atomic E-state index is 0.683. The Balaban J connectivity index is 2.21. The molecule has 75 valence electrons. The van der Waals surface area contributed by atoms with Crippen LogP contribution in [0, 0.1) is 19.9 Å². The van der Waals surface area contributed by atoms with E-state index in [1.54, 1.807) is 0 Å². The Kier molecular flexibility index (Phi) is 2.85. The maximum Gasteiger partial charge on any atom is 0.0519 e. The minimum Gasteiger partial charge on any atom is -0.257 e. The Morgan fingerprint density at radius 3 is 2.57 bits per heavy atom. The lowest BCUT2D eigenvalue weighted by atomic mass is 9.86. The Bertz CT molecular complexity index is 291. The van der Waals surface area contributed by atoms with Crippen molar-refractivity contribution in [2.24, 2.45) is 0 Å². The molecule has 2 rings (SSSR count). The molecule has 0 aliphatic heterocycles. The second kappa shape index (κ2) is 4.12. The van der Waals surface area contributed by atoms with Gasteiger partial charge in [0.2, 0.25) is 0 Å². The van der Waals surface area contributed by atoms with Gasteiger partial charge in [-0.05, 0) is 38.3 Å². The highest BCUT2D eigenvalue weighted by molar-refractivity contribution is 5.20. The molecule has 0 aromatic carbocycles. The van der Waals surface area contributed by atoms with Crippen LogP contribution >= 0.6 is 0 Å². The van der Waals surface area contributed by atoms with Gasteiger partial charge in [0.15, 0.2) is 0 Å². The summed E-state index contributed by atoms with van der Waals surface area (Å²) >= 11 is 0. The molecule has 1 aromatic heterocycles. The lowest BCUT2D eigenvalue weighted by Crippen LogP contribution is -2.07. The lowest BCUT2D eigenvalue weighted by molar-refractivity contribution is 0.435. The number of hydrogen-bond acceptors (Lipinski definition) is 1.